The van der Waals surface area contributed by atoms with E-state index in [0.29, 0.717) is 0 Å². The molecule has 112 valence electrons. The predicted octanol–water partition coefficient (Wildman–Crippen LogP) is 2.59. The summed E-state index contributed by atoms with van der Waals surface area (Å²) in [6, 6.07) is 10.1. The molecule has 1 aromatic carbocycles. The zero-order valence-electron chi connectivity index (χ0n) is 12.6. The lowest BCUT2D eigenvalue weighted by Crippen LogP contribution is -2.45. The van der Waals surface area contributed by atoms with Crippen molar-refractivity contribution in [2.45, 2.75) is 50.9 Å². The maximum absolute atomic E-state index is 10.4. The van der Waals surface area contributed by atoms with Crippen LogP contribution in [-0.2, 0) is 0 Å². The zero-order valence-corrected chi connectivity index (χ0v) is 12.6. The molecule has 0 bridgehead atoms. The zero-order chi connectivity index (χ0) is 14.5. The van der Waals surface area contributed by atoms with Crippen LogP contribution >= 0.6 is 0 Å². The molecule has 0 heterocycles. The highest BCUT2D eigenvalue weighted by Crippen LogP contribution is 2.26. The largest absolute Gasteiger partial charge is 0.391 e. The summed E-state index contributed by atoms with van der Waals surface area (Å²) in [7, 11) is 2.06. The van der Waals surface area contributed by atoms with Crippen LogP contribution in [0.15, 0.2) is 30.3 Å². The molecule has 0 aliphatic heterocycles. The first-order valence-electron chi connectivity index (χ1n) is 7.71. The van der Waals surface area contributed by atoms with E-state index >= 15 is 0 Å². The molecule has 4 unspecified atom stereocenters. The summed E-state index contributed by atoms with van der Waals surface area (Å²) in [5.41, 5.74) is 0.970. The van der Waals surface area contributed by atoms with E-state index in [1.54, 1.807) is 0 Å². The average Bonchev–Trinajstić information content (AvgIpc) is 2.47. The Labute approximate surface area is 122 Å². The quantitative estimate of drug-likeness (QED) is 0.869. The van der Waals surface area contributed by atoms with E-state index in [1.807, 2.05) is 30.3 Å². The van der Waals surface area contributed by atoms with E-state index in [-0.39, 0.29) is 18.1 Å². The SMILES string of the molecule is CC(CN(C)C1CCCCC1O)C(O)c1ccccc1. The monoisotopic (exact) mass is 277 g/mol. The van der Waals surface area contributed by atoms with Gasteiger partial charge >= 0.3 is 0 Å². The topological polar surface area (TPSA) is 43.7 Å². The molecule has 0 saturated heterocycles. The van der Waals surface area contributed by atoms with Crippen molar-refractivity contribution in [2.75, 3.05) is 13.6 Å². The molecule has 0 radical (unpaired) electrons. The third-order valence-corrected chi connectivity index (χ3v) is 4.52. The Morgan fingerprint density at radius 3 is 2.50 bits per heavy atom. The minimum atomic E-state index is -0.445. The van der Waals surface area contributed by atoms with Gasteiger partial charge in [0.05, 0.1) is 12.2 Å². The van der Waals surface area contributed by atoms with Gasteiger partial charge in [0.1, 0.15) is 0 Å². The van der Waals surface area contributed by atoms with Crippen molar-refractivity contribution in [3.63, 3.8) is 0 Å². The van der Waals surface area contributed by atoms with Crippen molar-refractivity contribution < 1.29 is 10.2 Å². The minimum Gasteiger partial charge on any atom is -0.391 e. The van der Waals surface area contributed by atoms with Gasteiger partial charge in [0.25, 0.3) is 0 Å². The number of nitrogens with zero attached hydrogens (tertiary/aromatic N) is 1. The minimum absolute atomic E-state index is 0.150. The van der Waals surface area contributed by atoms with E-state index in [0.717, 1.165) is 31.4 Å². The molecule has 1 fully saturated rings. The summed E-state index contributed by atoms with van der Waals surface area (Å²) in [5, 5.41) is 20.5. The molecular formula is C17H27NO2. The van der Waals surface area contributed by atoms with E-state index in [4.69, 9.17) is 0 Å². The Balaban J connectivity index is 1.91. The van der Waals surface area contributed by atoms with Crippen molar-refractivity contribution >= 4 is 0 Å². The molecule has 1 aromatic rings. The van der Waals surface area contributed by atoms with Gasteiger partial charge in [0, 0.05) is 12.6 Å². The molecule has 0 aromatic heterocycles. The predicted molar refractivity (Wildman–Crippen MR) is 81.5 cm³/mol. The highest BCUT2D eigenvalue weighted by Gasteiger charge is 2.28. The molecule has 2 N–H and O–H groups in total. The Kier molecular flexibility index (Phi) is 5.58. The van der Waals surface area contributed by atoms with Gasteiger partial charge < -0.3 is 15.1 Å². The summed E-state index contributed by atoms with van der Waals surface area (Å²) >= 11 is 0. The molecule has 0 amide bonds. The van der Waals surface area contributed by atoms with Crippen LogP contribution in [0.25, 0.3) is 0 Å². The number of hydrogen-bond donors (Lipinski definition) is 2. The van der Waals surface area contributed by atoms with Gasteiger partial charge in [-0.1, -0.05) is 50.1 Å². The van der Waals surface area contributed by atoms with E-state index in [9.17, 15) is 10.2 Å². The number of likely N-dealkylation sites (N-methyl/N-ethyl adjacent to an activating group) is 1. The van der Waals surface area contributed by atoms with E-state index in [1.165, 1.54) is 6.42 Å². The number of rotatable bonds is 5. The van der Waals surface area contributed by atoms with Crippen molar-refractivity contribution in [1.82, 2.24) is 4.90 Å². The standard InChI is InChI=1S/C17H27NO2/c1-13(17(20)14-8-4-3-5-9-14)12-18(2)15-10-6-7-11-16(15)19/h3-5,8-9,13,15-17,19-20H,6-7,10-12H2,1-2H3. The average molecular weight is 277 g/mol. The van der Waals surface area contributed by atoms with E-state index < -0.39 is 6.10 Å². The molecular weight excluding hydrogens is 250 g/mol. The second-order valence-electron chi connectivity index (χ2n) is 6.19. The number of aliphatic hydroxyl groups is 2. The molecule has 1 aliphatic carbocycles. The highest BCUT2D eigenvalue weighted by atomic mass is 16.3. The first-order chi connectivity index (χ1) is 9.59. The van der Waals surface area contributed by atoms with Crippen molar-refractivity contribution in [1.29, 1.82) is 0 Å². The summed E-state index contributed by atoms with van der Waals surface area (Å²) in [6.45, 7) is 2.88. The molecule has 20 heavy (non-hydrogen) atoms. The smallest absolute Gasteiger partial charge is 0.0827 e. The van der Waals surface area contributed by atoms with Gasteiger partial charge in [0.15, 0.2) is 0 Å². The van der Waals surface area contributed by atoms with E-state index in [2.05, 4.69) is 18.9 Å². The van der Waals surface area contributed by atoms with Crippen LogP contribution in [0.4, 0.5) is 0 Å². The highest BCUT2D eigenvalue weighted by molar-refractivity contribution is 5.17. The van der Waals surface area contributed by atoms with Gasteiger partial charge in [-0.2, -0.15) is 0 Å². The lowest BCUT2D eigenvalue weighted by molar-refractivity contribution is 0.0117. The summed E-state index contributed by atoms with van der Waals surface area (Å²) in [4.78, 5) is 2.22. The Morgan fingerprint density at radius 1 is 1.20 bits per heavy atom. The van der Waals surface area contributed by atoms with Crippen LogP contribution in [0.2, 0.25) is 0 Å². The lowest BCUT2D eigenvalue weighted by Gasteiger charge is -2.37. The van der Waals surface area contributed by atoms with Crippen LogP contribution in [0.5, 0.6) is 0 Å². The normalized spacial score (nSPS) is 26.4. The van der Waals surface area contributed by atoms with Gasteiger partial charge in [-0.05, 0) is 31.4 Å². The molecule has 1 aliphatic rings. The second-order valence-corrected chi connectivity index (χ2v) is 6.19. The lowest BCUT2D eigenvalue weighted by atomic mass is 9.90. The fourth-order valence-electron chi connectivity index (χ4n) is 3.27. The van der Waals surface area contributed by atoms with Gasteiger partial charge in [-0.3, -0.25) is 0 Å². The fourth-order valence-corrected chi connectivity index (χ4v) is 3.27. The Hall–Kier alpha value is -0.900. The Bertz CT molecular complexity index is 395. The summed E-state index contributed by atoms with van der Waals surface area (Å²) in [5.74, 6) is 0.150. The van der Waals surface area contributed by atoms with Crippen molar-refractivity contribution in [2.24, 2.45) is 5.92 Å². The molecule has 3 nitrogen and oxygen atoms in total. The number of hydrogen-bond acceptors (Lipinski definition) is 3. The van der Waals surface area contributed by atoms with Crippen LogP contribution in [0.3, 0.4) is 0 Å². The number of benzene rings is 1. The van der Waals surface area contributed by atoms with Gasteiger partial charge in [-0.15, -0.1) is 0 Å². The maximum atomic E-state index is 10.4. The number of aliphatic hydroxyl groups excluding tert-OH is 2. The van der Waals surface area contributed by atoms with Crippen LogP contribution in [0.1, 0.15) is 44.3 Å². The van der Waals surface area contributed by atoms with Crippen LogP contribution < -0.4 is 0 Å². The summed E-state index contributed by atoms with van der Waals surface area (Å²) < 4.78 is 0. The second kappa shape index (κ2) is 7.21. The first-order valence-corrected chi connectivity index (χ1v) is 7.71. The van der Waals surface area contributed by atoms with Gasteiger partial charge in [-0.25, -0.2) is 0 Å². The third-order valence-electron chi connectivity index (χ3n) is 4.52. The summed E-state index contributed by atoms with van der Waals surface area (Å²) in [6.07, 6.45) is 3.64. The third kappa shape index (κ3) is 3.81. The van der Waals surface area contributed by atoms with Crippen molar-refractivity contribution in [3.8, 4) is 0 Å². The Morgan fingerprint density at radius 2 is 1.85 bits per heavy atom. The molecule has 0 spiro atoms. The maximum Gasteiger partial charge on any atom is 0.0827 e. The molecule has 1 saturated carbocycles. The van der Waals surface area contributed by atoms with Crippen LogP contribution in [0, 0.1) is 5.92 Å². The molecule has 3 heteroatoms. The van der Waals surface area contributed by atoms with Crippen molar-refractivity contribution in [3.05, 3.63) is 35.9 Å². The molecule has 4 atom stereocenters. The molecule has 2 rings (SSSR count). The first kappa shape index (κ1) is 15.5. The van der Waals surface area contributed by atoms with Gasteiger partial charge in [0.2, 0.25) is 0 Å². The van der Waals surface area contributed by atoms with Crippen LogP contribution in [-0.4, -0.2) is 40.9 Å². The fraction of sp³-hybridized carbons (Fsp3) is 0.647.